The fraction of sp³-hybridized carbons (Fsp3) is 0.713. The number of hydrogen-bond acceptors (Lipinski definition) is 26. The van der Waals surface area contributed by atoms with Gasteiger partial charge in [0.1, 0.15) is 17.3 Å². The number of thioether (sulfide) groups is 1. The summed E-state index contributed by atoms with van der Waals surface area (Å²) >= 11 is 4.72. The molecule has 4 rings (SSSR count). The molecular weight excluding hydrogens is 1570 g/mol. The third kappa shape index (κ3) is 51.3. The normalized spacial score (nSPS) is 15.9. The van der Waals surface area contributed by atoms with Crippen LogP contribution in [0.15, 0.2) is 59.7 Å². The molecule has 2 bridgehead atoms. The van der Waals surface area contributed by atoms with Gasteiger partial charge in [0, 0.05) is 94.9 Å². The number of halogens is 1. The van der Waals surface area contributed by atoms with Gasteiger partial charge in [-0.15, -0.1) is 5.10 Å². The van der Waals surface area contributed by atoms with Crippen molar-refractivity contribution >= 4 is 80.5 Å². The van der Waals surface area contributed by atoms with E-state index in [0.29, 0.717) is 277 Å². The monoisotopic (exact) mass is 1710 g/mol. The molecule has 3 aromatic rings. The fourth-order valence-corrected chi connectivity index (χ4v) is 13.0. The number of aliphatic imine (C=N–C) groups is 1. The number of nitrogens with zero attached hydrogens (tertiary/aromatic N) is 4. The first kappa shape index (κ1) is 101. The number of ether oxygens (including phenoxy) is 11. The van der Waals surface area contributed by atoms with Crippen molar-refractivity contribution in [2.45, 2.75) is 153 Å². The molecule has 0 aliphatic carbocycles. The van der Waals surface area contributed by atoms with E-state index in [2.05, 4.69) is 63.1 Å². The molecule has 650 valence electrons. The first-order chi connectivity index (χ1) is 55.9. The SMILES string of the molecule is CC[C@H](C)[C@@H]1NC(=O)c2cccc(c2)CSCC[C@@H](C(=O)CC[C@@H](CCCN=C(N)N)CN[C@@H](Cc2ccc(O)cc2)C(N)=O)NCC(=O)[C@H](CCCCNC(=O)CCOCCOCCOCCOCCOCCOCCOCCOCCn2cc(CCC(=O)NCCCOCCOCCOCCCNC(=O)CBr)nn2)CCC1=O. The number of rotatable bonds is 66. The number of phenolic OH excluding ortho intramolecular Hbond substituents is 1. The van der Waals surface area contributed by atoms with Gasteiger partial charge in [-0.2, -0.15) is 11.8 Å². The average Bonchev–Trinajstić information content (AvgIpc) is 1.40. The second-order valence-corrected chi connectivity index (χ2v) is 29.5. The lowest BCUT2D eigenvalue weighted by atomic mass is 9.87. The van der Waals surface area contributed by atoms with E-state index in [-0.39, 0.29) is 103 Å². The third-order valence-electron chi connectivity index (χ3n) is 18.7. The van der Waals surface area contributed by atoms with Crippen LogP contribution in [0.3, 0.4) is 0 Å². The summed E-state index contributed by atoms with van der Waals surface area (Å²) in [7, 11) is 0. The fourth-order valence-electron chi connectivity index (χ4n) is 11.9. The smallest absolute Gasteiger partial charge is 0.251 e. The summed E-state index contributed by atoms with van der Waals surface area (Å²) in [5, 5.41) is 36.7. The summed E-state index contributed by atoms with van der Waals surface area (Å²) in [5.74, 6) is -1.03. The number of aromatic nitrogens is 3. The molecule has 35 heteroatoms. The maximum atomic E-state index is 14.4. The van der Waals surface area contributed by atoms with Crippen LogP contribution < -0.4 is 49.1 Å². The van der Waals surface area contributed by atoms with Crippen molar-refractivity contribution in [3.63, 3.8) is 0 Å². The quantitative estimate of drug-likeness (QED) is 0.0166. The van der Waals surface area contributed by atoms with Gasteiger partial charge in [-0.05, 0) is 124 Å². The van der Waals surface area contributed by atoms with Crippen molar-refractivity contribution in [3.8, 4) is 5.75 Å². The number of Topliss-reactive ketones (excluding diaryl/α,β-unsaturated/α-hetero) is 3. The zero-order chi connectivity index (χ0) is 83.0. The van der Waals surface area contributed by atoms with Gasteiger partial charge < -0.3 is 106 Å². The van der Waals surface area contributed by atoms with Crippen LogP contribution in [0.2, 0.25) is 0 Å². The Balaban J connectivity index is 1.00. The Hall–Kier alpha value is -6.68. The molecule has 0 radical (unpaired) electrons. The molecule has 0 unspecified atom stereocenters. The summed E-state index contributed by atoms with van der Waals surface area (Å²) in [6.45, 7) is 15.8. The van der Waals surface area contributed by atoms with E-state index in [0.717, 1.165) is 23.2 Å². The van der Waals surface area contributed by atoms with Gasteiger partial charge in [-0.1, -0.05) is 72.1 Å². The van der Waals surface area contributed by atoms with Crippen LogP contribution in [-0.2, 0) is 111 Å². The number of ketones is 3. The van der Waals surface area contributed by atoms with Crippen LogP contribution in [0.1, 0.15) is 137 Å². The Bertz CT molecular complexity index is 3160. The molecule has 13 N–H and O–H groups in total. The third-order valence-corrected chi connectivity index (χ3v) is 20.2. The molecule has 1 aliphatic heterocycles. The van der Waals surface area contributed by atoms with Crippen molar-refractivity contribution in [1.82, 2.24) is 46.9 Å². The number of phenols is 1. The molecule has 2 heterocycles. The minimum Gasteiger partial charge on any atom is -0.508 e. The number of carbonyl (C=O) groups is 8. The maximum absolute atomic E-state index is 14.4. The van der Waals surface area contributed by atoms with Gasteiger partial charge in [-0.25, -0.2) is 4.68 Å². The minimum atomic E-state index is -0.755. The summed E-state index contributed by atoms with van der Waals surface area (Å²) in [6.07, 6.45) is 9.43. The molecular formula is C80H132BrN13O20S. The van der Waals surface area contributed by atoms with Crippen molar-refractivity contribution in [1.29, 1.82) is 0 Å². The topological polar surface area (TPSA) is 452 Å². The van der Waals surface area contributed by atoms with Gasteiger partial charge in [0.05, 0.1) is 174 Å². The highest BCUT2D eigenvalue weighted by Crippen LogP contribution is 2.23. The molecule has 0 fully saturated rings. The molecule has 0 saturated carbocycles. The molecule has 1 aliphatic rings. The molecule has 5 amide bonds. The van der Waals surface area contributed by atoms with E-state index in [9.17, 15) is 43.5 Å². The van der Waals surface area contributed by atoms with Crippen LogP contribution in [0.25, 0.3) is 0 Å². The highest BCUT2D eigenvalue weighted by atomic mass is 79.9. The Morgan fingerprint density at radius 2 is 1.21 bits per heavy atom. The van der Waals surface area contributed by atoms with Gasteiger partial charge in [-0.3, -0.25) is 43.3 Å². The number of hydrogen-bond donors (Lipinski definition) is 10. The first-order valence-corrected chi connectivity index (χ1v) is 43.0. The van der Waals surface area contributed by atoms with E-state index < -0.39 is 30.0 Å². The Morgan fingerprint density at radius 3 is 1.78 bits per heavy atom. The predicted molar refractivity (Wildman–Crippen MR) is 441 cm³/mol. The number of benzene rings is 2. The summed E-state index contributed by atoms with van der Waals surface area (Å²) in [5.41, 5.74) is 20.0. The van der Waals surface area contributed by atoms with Gasteiger partial charge >= 0.3 is 0 Å². The largest absolute Gasteiger partial charge is 0.508 e. The number of primary amides is 1. The summed E-state index contributed by atoms with van der Waals surface area (Å²) in [6, 6.07) is 11.8. The number of carbonyl (C=O) groups excluding carboxylic acids is 8. The van der Waals surface area contributed by atoms with Crippen LogP contribution in [0.4, 0.5) is 0 Å². The maximum Gasteiger partial charge on any atom is 0.251 e. The number of aromatic hydroxyl groups is 1. The highest BCUT2D eigenvalue weighted by molar-refractivity contribution is 9.09. The standard InChI is InChI=1S/C80H132BrN13O20S/c1-3-61(2)77-72(97)22-17-65(73(98)58-90-69(25-53-115-60-64-10-6-13-66(54-64)79(103)91-77)71(96)21-16-63(11-7-27-88-80(83)84)57-89-70(78(82)102)55-62-14-19-68(95)20-15-62)12-4-5-26-85-75(100)24-33-106-37-41-109-43-45-111-47-49-113-51-52-114-50-48-112-46-44-110-42-38-107-34-30-94-59-67(92-93-94)18-23-74(99)86-28-8-31-104-35-39-108-40-36-105-32-9-29-87-76(101)56-81/h6,10,13-15,19-20,54,59,61,63,65,69-70,77,89-90,95H,3-5,7-9,11-12,16-18,21-53,55-58,60H2,1-2H3,(H2,82,102)(H,85,100)(H,86,99)(H,87,101)(H,91,103)(H4,83,84,88)/t61-,63+,65+,69-,70-,77-/m0/s1. The highest BCUT2D eigenvalue weighted by Gasteiger charge is 2.30. The number of nitrogens with two attached hydrogens (primary N) is 3. The summed E-state index contributed by atoms with van der Waals surface area (Å²) in [4.78, 5) is 110. The number of alkyl halides is 1. The number of nitrogens with one attached hydrogen (secondary N) is 6. The Labute approximate surface area is 691 Å². The van der Waals surface area contributed by atoms with E-state index in [4.69, 9.17) is 69.3 Å². The molecule has 6 atom stereocenters. The van der Waals surface area contributed by atoms with E-state index in [1.807, 2.05) is 38.2 Å². The minimum absolute atomic E-state index is 0.0222. The second kappa shape index (κ2) is 66.3. The van der Waals surface area contributed by atoms with Crippen LogP contribution in [0, 0.1) is 17.8 Å². The number of amides is 5. The molecule has 33 nitrogen and oxygen atoms in total. The predicted octanol–water partition coefficient (Wildman–Crippen LogP) is 3.86. The van der Waals surface area contributed by atoms with Crippen LogP contribution >= 0.6 is 27.7 Å². The molecule has 115 heavy (non-hydrogen) atoms. The van der Waals surface area contributed by atoms with Gasteiger partial charge in [0.15, 0.2) is 11.7 Å². The number of fused-ring (bicyclic) bond motifs is 2. The van der Waals surface area contributed by atoms with E-state index in [1.54, 1.807) is 46.8 Å². The Kier molecular flexibility index (Phi) is 58.0. The zero-order valence-corrected chi connectivity index (χ0v) is 70.2. The van der Waals surface area contributed by atoms with Crippen molar-refractivity contribution in [2.75, 3.05) is 196 Å². The number of aryl methyl sites for hydroxylation is 1. The lowest BCUT2D eigenvalue weighted by Crippen LogP contribution is -2.45. The number of guanidine groups is 1. The van der Waals surface area contributed by atoms with Crippen LogP contribution in [-0.4, -0.2) is 287 Å². The lowest BCUT2D eigenvalue weighted by molar-refractivity contribution is -0.125. The van der Waals surface area contributed by atoms with Gasteiger partial charge in [0.2, 0.25) is 23.6 Å². The zero-order valence-electron chi connectivity index (χ0n) is 67.8. The molecule has 2 aromatic carbocycles. The van der Waals surface area contributed by atoms with Crippen molar-refractivity contribution < 1.29 is 95.6 Å². The average molecular weight is 1710 g/mol. The summed E-state index contributed by atoms with van der Waals surface area (Å²) < 4.78 is 63.0. The van der Waals surface area contributed by atoms with Crippen molar-refractivity contribution in [3.05, 3.63) is 77.1 Å². The molecule has 0 saturated heterocycles. The van der Waals surface area contributed by atoms with Crippen molar-refractivity contribution in [2.24, 2.45) is 39.9 Å². The Morgan fingerprint density at radius 1 is 0.652 bits per heavy atom. The van der Waals surface area contributed by atoms with E-state index in [1.165, 1.54) is 0 Å². The molecule has 1 aromatic heterocycles. The first-order valence-electron chi connectivity index (χ1n) is 40.7. The second-order valence-electron chi connectivity index (χ2n) is 27.9. The molecule has 0 spiro atoms. The van der Waals surface area contributed by atoms with E-state index >= 15 is 0 Å². The van der Waals surface area contributed by atoms with Gasteiger partial charge in [0.25, 0.3) is 5.91 Å². The van der Waals surface area contributed by atoms with Crippen LogP contribution in [0.5, 0.6) is 5.75 Å². The number of unbranched alkanes of at least 4 members (excludes halogenated alkanes) is 1. The lowest BCUT2D eigenvalue weighted by Gasteiger charge is -2.25.